The molecule has 0 fully saturated rings. The predicted molar refractivity (Wildman–Crippen MR) is 146 cm³/mol. The molecule has 0 aliphatic carbocycles. The quantitative estimate of drug-likeness (QED) is 0.138. The van der Waals surface area contributed by atoms with Crippen molar-refractivity contribution in [2.45, 2.75) is 142 Å². The lowest BCUT2D eigenvalue weighted by atomic mass is 9.94. The number of anilines is 1. The smallest absolute Gasteiger partial charge is 0.280 e. The molecule has 0 saturated carbocycles. The molecule has 1 rings (SSSR count). The Labute approximate surface area is 205 Å². The summed E-state index contributed by atoms with van der Waals surface area (Å²) in [6, 6.07) is 6.39. The Morgan fingerprint density at radius 3 is 1.56 bits per heavy atom. The van der Waals surface area contributed by atoms with E-state index in [1.807, 2.05) is 6.07 Å². The lowest BCUT2D eigenvalue weighted by Crippen LogP contribution is -2.07. The fraction of sp³-hybridized carbons (Fsp3) is 0.759. The minimum atomic E-state index is -0.265. The maximum absolute atomic E-state index is 11.6. The van der Waals surface area contributed by atoms with Crippen LogP contribution in [0.4, 0.5) is 10.5 Å². The van der Waals surface area contributed by atoms with E-state index >= 15 is 0 Å². The van der Waals surface area contributed by atoms with Crippen molar-refractivity contribution in [2.24, 2.45) is 0 Å². The zero-order chi connectivity index (χ0) is 23.3. The molecule has 2 nitrogen and oxygen atoms in total. The zero-order valence-corrected chi connectivity index (χ0v) is 22.1. The summed E-state index contributed by atoms with van der Waals surface area (Å²) in [5.74, 6) is 0. The second kappa shape index (κ2) is 20.6. The standard InChI is InChI=1S/C29H51NOS/c1-3-5-7-9-11-13-15-17-19-22-26-23-21-25-28(30-29(31)32)27(26)24-20-18-16-14-12-10-8-6-4-2/h21,23,25H,3-20,22,24H2,1-2H3,(H2,30,31,32). The van der Waals surface area contributed by atoms with E-state index in [1.165, 1.54) is 127 Å². The van der Waals surface area contributed by atoms with Crippen molar-refractivity contribution in [3.05, 3.63) is 29.3 Å². The number of rotatable bonds is 21. The number of carbonyl (C=O) groups excluding carboxylic acids is 1. The van der Waals surface area contributed by atoms with Gasteiger partial charge in [0.15, 0.2) is 0 Å². The summed E-state index contributed by atoms with van der Waals surface area (Å²) in [5, 5.41) is 2.69. The normalized spacial score (nSPS) is 11.1. The number of benzene rings is 1. The van der Waals surface area contributed by atoms with Crippen LogP contribution in [0.5, 0.6) is 0 Å². The molecule has 32 heavy (non-hydrogen) atoms. The van der Waals surface area contributed by atoms with Crippen molar-refractivity contribution in [1.29, 1.82) is 0 Å². The Balaban J connectivity index is 2.38. The average molecular weight is 462 g/mol. The summed E-state index contributed by atoms with van der Waals surface area (Å²) >= 11 is 3.95. The molecule has 0 aliphatic heterocycles. The first-order valence-corrected chi connectivity index (χ1v) is 14.2. The van der Waals surface area contributed by atoms with E-state index in [9.17, 15) is 4.79 Å². The Morgan fingerprint density at radius 2 is 1.09 bits per heavy atom. The highest BCUT2D eigenvalue weighted by Gasteiger charge is 2.10. The minimum Gasteiger partial charge on any atom is -0.317 e. The van der Waals surface area contributed by atoms with E-state index in [4.69, 9.17) is 0 Å². The number of thiol groups is 1. The fourth-order valence-corrected chi connectivity index (χ4v) is 4.76. The second-order valence-electron chi connectivity index (χ2n) is 9.53. The maximum Gasteiger partial charge on any atom is 0.280 e. The van der Waals surface area contributed by atoms with Crippen LogP contribution in [-0.2, 0) is 12.8 Å². The first kappa shape index (κ1) is 29.1. The van der Waals surface area contributed by atoms with Crippen LogP contribution in [0.15, 0.2) is 18.2 Å². The van der Waals surface area contributed by atoms with Gasteiger partial charge < -0.3 is 5.32 Å². The largest absolute Gasteiger partial charge is 0.317 e. The van der Waals surface area contributed by atoms with Crippen molar-refractivity contribution in [1.82, 2.24) is 0 Å². The van der Waals surface area contributed by atoms with Gasteiger partial charge in [-0.1, -0.05) is 141 Å². The van der Waals surface area contributed by atoms with Gasteiger partial charge in [-0.3, -0.25) is 4.79 Å². The number of nitrogens with one attached hydrogen (secondary N) is 1. The van der Waals surface area contributed by atoms with Crippen molar-refractivity contribution < 1.29 is 4.79 Å². The topological polar surface area (TPSA) is 29.1 Å². The third-order valence-corrected chi connectivity index (χ3v) is 6.71. The molecule has 1 aromatic carbocycles. The number of amides is 1. The van der Waals surface area contributed by atoms with Crippen LogP contribution in [0, 0.1) is 0 Å². The monoisotopic (exact) mass is 461 g/mol. The van der Waals surface area contributed by atoms with Gasteiger partial charge in [-0.25, -0.2) is 0 Å². The highest BCUT2D eigenvalue weighted by atomic mass is 32.1. The molecular formula is C29H51NOS. The molecule has 0 saturated heterocycles. The zero-order valence-electron chi connectivity index (χ0n) is 21.2. The molecule has 0 bridgehead atoms. The number of aryl methyl sites for hydroxylation is 1. The van der Waals surface area contributed by atoms with Crippen LogP contribution in [0.3, 0.4) is 0 Å². The van der Waals surface area contributed by atoms with Gasteiger partial charge in [-0.15, -0.1) is 0 Å². The summed E-state index contributed by atoms with van der Waals surface area (Å²) in [6.07, 6.45) is 26.5. The van der Waals surface area contributed by atoms with Gasteiger partial charge in [0.05, 0.1) is 0 Å². The molecule has 0 unspecified atom stereocenters. The summed E-state index contributed by atoms with van der Waals surface area (Å²) in [6.45, 7) is 4.55. The Hall–Kier alpha value is -0.960. The van der Waals surface area contributed by atoms with Crippen molar-refractivity contribution in [3.63, 3.8) is 0 Å². The third kappa shape index (κ3) is 15.0. The van der Waals surface area contributed by atoms with Crippen LogP contribution in [0.25, 0.3) is 0 Å². The maximum atomic E-state index is 11.6. The van der Waals surface area contributed by atoms with Gasteiger partial charge >= 0.3 is 0 Å². The Kier molecular flexibility index (Phi) is 18.7. The lowest BCUT2D eigenvalue weighted by molar-refractivity contribution is 0.270. The second-order valence-corrected chi connectivity index (χ2v) is 9.94. The van der Waals surface area contributed by atoms with Crippen LogP contribution in [0.1, 0.15) is 141 Å². The van der Waals surface area contributed by atoms with Gasteiger partial charge in [0.25, 0.3) is 5.24 Å². The van der Waals surface area contributed by atoms with E-state index in [0.29, 0.717) is 0 Å². The summed E-state index contributed by atoms with van der Waals surface area (Å²) in [4.78, 5) is 11.6. The molecule has 184 valence electrons. The van der Waals surface area contributed by atoms with Crippen LogP contribution >= 0.6 is 12.6 Å². The molecule has 0 aromatic heterocycles. The Bertz CT molecular complexity index is 587. The van der Waals surface area contributed by atoms with Crippen LogP contribution < -0.4 is 5.32 Å². The third-order valence-electron chi connectivity index (χ3n) is 6.59. The number of carbonyl (C=O) groups is 1. The molecule has 3 heteroatoms. The highest BCUT2D eigenvalue weighted by molar-refractivity contribution is 7.96. The highest BCUT2D eigenvalue weighted by Crippen LogP contribution is 2.25. The molecular weight excluding hydrogens is 410 g/mol. The van der Waals surface area contributed by atoms with E-state index < -0.39 is 0 Å². The summed E-state index contributed by atoms with van der Waals surface area (Å²) < 4.78 is 0. The molecule has 0 aliphatic rings. The minimum absolute atomic E-state index is 0.265. The van der Waals surface area contributed by atoms with Gasteiger partial charge in [-0.05, 0) is 42.9 Å². The van der Waals surface area contributed by atoms with Crippen molar-refractivity contribution in [3.8, 4) is 0 Å². The molecule has 0 spiro atoms. The van der Waals surface area contributed by atoms with E-state index in [-0.39, 0.29) is 5.24 Å². The predicted octanol–water partition coefficient (Wildman–Crippen LogP) is 10.3. The molecule has 1 aromatic rings. The molecule has 0 atom stereocenters. The average Bonchev–Trinajstić information content (AvgIpc) is 2.77. The van der Waals surface area contributed by atoms with Gasteiger partial charge in [0.2, 0.25) is 0 Å². The first-order valence-electron chi connectivity index (χ1n) is 13.8. The molecule has 1 amide bonds. The van der Waals surface area contributed by atoms with E-state index in [1.54, 1.807) is 0 Å². The number of unbranched alkanes of at least 4 members (excludes halogenated alkanes) is 16. The fourth-order valence-electron chi connectivity index (χ4n) is 4.63. The van der Waals surface area contributed by atoms with Crippen molar-refractivity contribution >= 4 is 23.6 Å². The van der Waals surface area contributed by atoms with Gasteiger partial charge in [0, 0.05) is 5.69 Å². The molecule has 0 heterocycles. The molecule has 0 radical (unpaired) electrons. The van der Waals surface area contributed by atoms with Gasteiger partial charge in [0.1, 0.15) is 0 Å². The first-order chi connectivity index (χ1) is 15.7. The van der Waals surface area contributed by atoms with E-state index in [0.717, 1.165) is 18.5 Å². The number of hydrogen-bond donors (Lipinski definition) is 2. The van der Waals surface area contributed by atoms with E-state index in [2.05, 4.69) is 43.9 Å². The van der Waals surface area contributed by atoms with Crippen LogP contribution in [-0.4, -0.2) is 5.24 Å². The summed E-state index contributed by atoms with van der Waals surface area (Å²) in [5.41, 5.74) is 3.74. The number of hydrogen-bond acceptors (Lipinski definition) is 1. The lowest BCUT2D eigenvalue weighted by Gasteiger charge is -2.15. The van der Waals surface area contributed by atoms with Crippen LogP contribution in [0.2, 0.25) is 0 Å². The molecule has 1 N–H and O–H groups in total. The SMILES string of the molecule is CCCCCCCCCCCc1cccc(NC(=O)S)c1CCCCCCCCCCC. The summed E-state index contributed by atoms with van der Waals surface area (Å²) in [7, 11) is 0. The Morgan fingerprint density at radius 1 is 0.656 bits per heavy atom. The van der Waals surface area contributed by atoms with Gasteiger partial charge in [-0.2, -0.15) is 0 Å². The van der Waals surface area contributed by atoms with Crippen molar-refractivity contribution in [2.75, 3.05) is 5.32 Å².